The first-order valence-electron chi connectivity index (χ1n) is 6.55. The number of amides is 1. The SMILES string of the molecule is COCCC(=O)Nc1c(C)cnn1C1CCCC1. The second-order valence-electron chi connectivity index (χ2n) is 4.85. The molecule has 1 amide bonds. The highest BCUT2D eigenvalue weighted by Gasteiger charge is 2.21. The molecule has 5 heteroatoms. The number of hydrogen-bond donors (Lipinski definition) is 1. The second-order valence-corrected chi connectivity index (χ2v) is 4.85. The highest BCUT2D eigenvalue weighted by molar-refractivity contribution is 5.90. The van der Waals surface area contributed by atoms with Crippen molar-refractivity contribution in [3.05, 3.63) is 11.8 Å². The van der Waals surface area contributed by atoms with Crippen LogP contribution in [0.3, 0.4) is 0 Å². The van der Waals surface area contributed by atoms with E-state index in [1.54, 1.807) is 7.11 Å². The summed E-state index contributed by atoms with van der Waals surface area (Å²) < 4.78 is 6.89. The molecule has 5 nitrogen and oxygen atoms in total. The van der Waals surface area contributed by atoms with Gasteiger partial charge in [-0.25, -0.2) is 4.68 Å². The van der Waals surface area contributed by atoms with Crippen molar-refractivity contribution in [1.29, 1.82) is 0 Å². The lowest BCUT2D eigenvalue weighted by molar-refractivity contribution is -0.117. The third-order valence-electron chi connectivity index (χ3n) is 3.44. The van der Waals surface area contributed by atoms with E-state index in [4.69, 9.17) is 4.74 Å². The Hall–Kier alpha value is -1.36. The van der Waals surface area contributed by atoms with E-state index in [1.165, 1.54) is 12.8 Å². The maximum Gasteiger partial charge on any atom is 0.227 e. The number of aryl methyl sites for hydroxylation is 1. The van der Waals surface area contributed by atoms with Crippen LogP contribution in [0.4, 0.5) is 5.82 Å². The Morgan fingerprint density at radius 1 is 1.56 bits per heavy atom. The minimum Gasteiger partial charge on any atom is -0.384 e. The molecular formula is C13H21N3O2. The van der Waals surface area contributed by atoms with Crippen LogP contribution in [0.25, 0.3) is 0 Å². The largest absolute Gasteiger partial charge is 0.384 e. The number of rotatable bonds is 5. The van der Waals surface area contributed by atoms with Crippen LogP contribution in [0, 0.1) is 6.92 Å². The number of hydrogen-bond acceptors (Lipinski definition) is 3. The zero-order valence-electron chi connectivity index (χ0n) is 11.1. The molecule has 100 valence electrons. The molecule has 18 heavy (non-hydrogen) atoms. The van der Waals surface area contributed by atoms with Crippen molar-refractivity contribution in [1.82, 2.24) is 9.78 Å². The summed E-state index contributed by atoms with van der Waals surface area (Å²) >= 11 is 0. The molecular weight excluding hydrogens is 230 g/mol. The van der Waals surface area contributed by atoms with Gasteiger partial charge >= 0.3 is 0 Å². The highest BCUT2D eigenvalue weighted by Crippen LogP contribution is 2.32. The summed E-state index contributed by atoms with van der Waals surface area (Å²) in [5.74, 6) is 0.836. The third-order valence-corrected chi connectivity index (χ3v) is 3.44. The monoisotopic (exact) mass is 251 g/mol. The molecule has 1 aromatic rings. The van der Waals surface area contributed by atoms with Gasteiger partial charge in [0.2, 0.25) is 5.91 Å². The van der Waals surface area contributed by atoms with Gasteiger partial charge in [0.1, 0.15) is 5.82 Å². The van der Waals surface area contributed by atoms with Crippen LogP contribution in [0.5, 0.6) is 0 Å². The van der Waals surface area contributed by atoms with Crippen molar-refractivity contribution in [2.75, 3.05) is 19.0 Å². The minimum atomic E-state index is -0.0142. The van der Waals surface area contributed by atoms with Crippen molar-refractivity contribution < 1.29 is 9.53 Å². The zero-order chi connectivity index (χ0) is 13.0. The molecule has 0 spiro atoms. The molecule has 0 atom stereocenters. The van der Waals surface area contributed by atoms with Crippen molar-refractivity contribution >= 4 is 11.7 Å². The van der Waals surface area contributed by atoms with Gasteiger partial charge in [0, 0.05) is 12.7 Å². The number of carbonyl (C=O) groups excluding carboxylic acids is 1. The normalized spacial score (nSPS) is 16.1. The van der Waals surface area contributed by atoms with Crippen LogP contribution in [-0.2, 0) is 9.53 Å². The van der Waals surface area contributed by atoms with E-state index >= 15 is 0 Å². The summed E-state index contributed by atoms with van der Waals surface area (Å²) in [6, 6.07) is 0.441. The highest BCUT2D eigenvalue weighted by atomic mass is 16.5. The maximum absolute atomic E-state index is 11.8. The fourth-order valence-corrected chi connectivity index (χ4v) is 2.42. The molecule has 1 aliphatic rings. The standard InChI is InChI=1S/C13H21N3O2/c1-10-9-14-16(11-5-3-4-6-11)13(10)15-12(17)7-8-18-2/h9,11H,3-8H2,1-2H3,(H,15,17). The van der Waals surface area contributed by atoms with Crippen molar-refractivity contribution in [3.63, 3.8) is 0 Å². The fraction of sp³-hybridized carbons (Fsp3) is 0.692. The Morgan fingerprint density at radius 3 is 2.94 bits per heavy atom. The summed E-state index contributed by atoms with van der Waals surface area (Å²) in [5, 5.41) is 7.35. The van der Waals surface area contributed by atoms with Crippen LogP contribution in [0.15, 0.2) is 6.20 Å². The van der Waals surface area contributed by atoms with Gasteiger partial charge in [-0.3, -0.25) is 4.79 Å². The lowest BCUT2D eigenvalue weighted by Crippen LogP contribution is -2.19. The van der Waals surface area contributed by atoms with Gasteiger partial charge in [-0.2, -0.15) is 5.10 Å². The van der Waals surface area contributed by atoms with Crippen LogP contribution in [0.2, 0.25) is 0 Å². The minimum absolute atomic E-state index is 0.0142. The number of nitrogens with zero attached hydrogens (tertiary/aromatic N) is 2. The fourth-order valence-electron chi connectivity index (χ4n) is 2.42. The number of ether oxygens (including phenoxy) is 1. The molecule has 1 fully saturated rings. The van der Waals surface area contributed by atoms with Crippen molar-refractivity contribution in [2.24, 2.45) is 0 Å². The van der Waals surface area contributed by atoms with Crippen molar-refractivity contribution in [2.45, 2.75) is 45.1 Å². The topological polar surface area (TPSA) is 56.1 Å². The molecule has 1 N–H and O–H groups in total. The number of methoxy groups -OCH3 is 1. The molecule has 0 aliphatic heterocycles. The Morgan fingerprint density at radius 2 is 2.28 bits per heavy atom. The lowest BCUT2D eigenvalue weighted by atomic mass is 10.2. The van der Waals surface area contributed by atoms with Crippen LogP contribution in [0.1, 0.15) is 43.7 Å². The Bertz CT molecular complexity index is 408. The molecule has 0 unspecified atom stereocenters. The maximum atomic E-state index is 11.8. The average Bonchev–Trinajstić information content (AvgIpc) is 2.98. The summed E-state index contributed by atoms with van der Waals surface area (Å²) in [6.07, 6.45) is 7.02. The predicted octanol–water partition coefficient (Wildman–Crippen LogP) is 2.28. The van der Waals surface area contributed by atoms with Gasteiger partial charge in [0.05, 0.1) is 25.3 Å². The van der Waals surface area contributed by atoms with E-state index in [0.29, 0.717) is 19.1 Å². The second kappa shape index (κ2) is 6.00. The summed E-state index contributed by atoms with van der Waals surface area (Å²) in [7, 11) is 1.60. The number of carbonyl (C=O) groups is 1. The van der Waals surface area contributed by atoms with Crippen LogP contribution >= 0.6 is 0 Å². The van der Waals surface area contributed by atoms with E-state index in [-0.39, 0.29) is 5.91 Å². The Balaban J connectivity index is 2.06. The molecule has 1 heterocycles. The average molecular weight is 251 g/mol. The zero-order valence-corrected chi connectivity index (χ0v) is 11.1. The molecule has 1 saturated carbocycles. The number of aromatic nitrogens is 2. The summed E-state index contributed by atoms with van der Waals surface area (Å²) in [6.45, 7) is 2.42. The third kappa shape index (κ3) is 2.90. The first-order valence-corrected chi connectivity index (χ1v) is 6.55. The van der Waals surface area contributed by atoms with E-state index in [9.17, 15) is 4.79 Å². The van der Waals surface area contributed by atoms with Gasteiger partial charge in [-0.15, -0.1) is 0 Å². The number of nitrogens with one attached hydrogen (secondary N) is 1. The molecule has 2 rings (SSSR count). The molecule has 1 aliphatic carbocycles. The molecule has 0 bridgehead atoms. The van der Waals surface area contributed by atoms with Gasteiger partial charge in [-0.05, 0) is 19.8 Å². The summed E-state index contributed by atoms with van der Waals surface area (Å²) in [4.78, 5) is 11.8. The number of anilines is 1. The van der Waals surface area contributed by atoms with E-state index < -0.39 is 0 Å². The van der Waals surface area contributed by atoms with E-state index in [2.05, 4.69) is 10.4 Å². The van der Waals surface area contributed by atoms with Gasteiger partial charge in [0.25, 0.3) is 0 Å². The predicted molar refractivity (Wildman–Crippen MR) is 69.6 cm³/mol. The van der Waals surface area contributed by atoms with E-state index in [0.717, 1.165) is 24.2 Å². The molecule has 0 saturated heterocycles. The van der Waals surface area contributed by atoms with Crippen molar-refractivity contribution in [3.8, 4) is 0 Å². The smallest absolute Gasteiger partial charge is 0.227 e. The Kier molecular flexibility index (Phi) is 4.36. The summed E-state index contributed by atoms with van der Waals surface area (Å²) in [5.41, 5.74) is 1.02. The molecule has 0 radical (unpaired) electrons. The van der Waals surface area contributed by atoms with E-state index in [1.807, 2.05) is 17.8 Å². The molecule has 0 aromatic carbocycles. The molecule has 1 aromatic heterocycles. The first-order chi connectivity index (χ1) is 8.72. The quantitative estimate of drug-likeness (QED) is 0.873. The first kappa shape index (κ1) is 13.1. The van der Waals surface area contributed by atoms with Crippen LogP contribution in [-0.4, -0.2) is 29.4 Å². The van der Waals surface area contributed by atoms with Crippen LogP contribution < -0.4 is 5.32 Å². The van der Waals surface area contributed by atoms with Gasteiger partial charge in [-0.1, -0.05) is 12.8 Å². The lowest BCUT2D eigenvalue weighted by Gasteiger charge is -2.15. The Labute approximate surface area is 108 Å². The van der Waals surface area contributed by atoms with Gasteiger partial charge in [0.15, 0.2) is 0 Å². The van der Waals surface area contributed by atoms with Gasteiger partial charge < -0.3 is 10.1 Å².